The number of rotatable bonds is 5. The van der Waals surface area contributed by atoms with Crippen molar-refractivity contribution >= 4 is 22.0 Å². The number of halogens is 3. The molecule has 1 saturated heterocycles. The fourth-order valence-electron chi connectivity index (χ4n) is 4.62. The SMILES string of the molecule is CC(C)(C)[C@H](NC(=O)[O-])C(=O)N[C@H]1CC[C@@H]2CN(S(=O)(=O)c3ccc(C(F)(F)F)cc3)C[C@@H]21. The molecule has 0 spiro atoms. The molecular weight excluding hydrogens is 463 g/mol. The van der Waals surface area contributed by atoms with E-state index in [0.717, 1.165) is 24.3 Å². The first-order chi connectivity index (χ1) is 15.1. The second-order valence-corrected chi connectivity index (χ2v) is 11.6. The summed E-state index contributed by atoms with van der Waals surface area (Å²) >= 11 is 0. The monoisotopic (exact) mass is 490 g/mol. The number of hydrogen-bond donors (Lipinski definition) is 2. The average molecular weight is 491 g/mol. The number of benzene rings is 1. The van der Waals surface area contributed by atoms with Gasteiger partial charge in [0, 0.05) is 19.1 Å². The van der Waals surface area contributed by atoms with Crippen LogP contribution in [0.1, 0.15) is 39.2 Å². The molecule has 1 aromatic rings. The number of carbonyl (C=O) groups is 2. The molecule has 0 bridgehead atoms. The van der Waals surface area contributed by atoms with Gasteiger partial charge in [-0.15, -0.1) is 0 Å². The van der Waals surface area contributed by atoms with E-state index in [-0.39, 0.29) is 35.9 Å². The number of nitrogens with zero attached hydrogens (tertiary/aromatic N) is 1. The summed E-state index contributed by atoms with van der Waals surface area (Å²) in [6, 6.07) is 1.99. The maximum absolute atomic E-state index is 13.0. The van der Waals surface area contributed by atoms with E-state index in [1.165, 1.54) is 4.31 Å². The number of carboxylic acid groups (broad SMARTS) is 1. The van der Waals surface area contributed by atoms with Crippen LogP contribution in [0.3, 0.4) is 0 Å². The van der Waals surface area contributed by atoms with Gasteiger partial charge in [0.25, 0.3) is 0 Å². The van der Waals surface area contributed by atoms with Gasteiger partial charge in [0.05, 0.1) is 10.5 Å². The second kappa shape index (κ2) is 8.79. The fraction of sp³-hybridized carbons (Fsp3) is 0.619. The van der Waals surface area contributed by atoms with Crippen molar-refractivity contribution in [3.05, 3.63) is 29.8 Å². The van der Waals surface area contributed by atoms with Crippen molar-refractivity contribution in [2.24, 2.45) is 17.3 Å². The molecule has 33 heavy (non-hydrogen) atoms. The molecule has 1 aliphatic heterocycles. The van der Waals surface area contributed by atoms with Crippen LogP contribution in [0, 0.1) is 17.3 Å². The van der Waals surface area contributed by atoms with E-state index in [1.807, 2.05) is 0 Å². The van der Waals surface area contributed by atoms with Gasteiger partial charge in [-0.1, -0.05) is 20.8 Å². The molecule has 1 saturated carbocycles. The number of fused-ring (bicyclic) bond motifs is 1. The predicted octanol–water partition coefficient (Wildman–Crippen LogP) is 1.57. The summed E-state index contributed by atoms with van der Waals surface area (Å²) in [5.74, 6) is -0.704. The smallest absolute Gasteiger partial charge is 0.416 e. The van der Waals surface area contributed by atoms with E-state index in [2.05, 4.69) is 10.6 Å². The van der Waals surface area contributed by atoms with Crippen molar-refractivity contribution in [1.29, 1.82) is 0 Å². The molecule has 4 atom stereocenters. The van der Waals surface area contributed by atoms with Gasteiger partial charge in [0.1, 0.15) is 12.1 Å². The fourth-order valence-corrected chi connectivity index (χ4v) is 6.16. The molecule has 1 aliphatic carbocycles. The van der Waals surface area contributed by atoms with Gasteiger partial charge in [0.2, 0.25) is 15.9 Å². The minimum atomic E-state index is -4.56. The van der Waals surface area contributed by atoms with Crippen molar-refractivity contribution in [3.8, 4) is 0 Å². The van der Waals surface area contributed by atoms with Crippen molar-refractivity contribution < 1.29 is 36.3 Å². The van der Waals surface area contributed by atoms with Gasteiger partial charge in [-0.3, -0.25) is 4.79 Å². The Labute approximate surface area is 190 Å². The van der Waals surface area contributed by atoms with E-state index < -0.39 is 45.2 Å². The molecule has 0 unspecified atom stereocenters. The quantitative estimate of drug-likeness (QED) is 0.650. The van der Waals surface area contributed by atoms with Crippen LogP contribution >= 0.6 is 0 Å². The lowest BCUT2D eigenvalue weighted by Gasteiger charge is -2.33. The lowest BCUT2D eigenvalue weighted by Crippen LogP contribution is -2.58. The first-order valence-electron chi connectivity index (χ1n) is 10.6. The molecule has 12 heteroatoms. The summed E-state index contributed by atoms with van der Waals surface area (Å²) in [5, 5.41) is 16.0. The minimum Gasteiger partial charge on any atom is -0.530 e. The van der Waals surface area contributed by atoms with Crippen LogP contribution in [-0.2, 0) is 21.0 Å². The van der Waals surface area contributed by atoms with E-state index in [4.69, 9.17) is 0 Å². The third-order valence-electron chi connectivity index (χ3n) is 6.36. The third-order valence-corrected chi connectivity index (χ3v) is 8.21. The Kier molecular flexibility index (Phi) is 6.73. The zero-order chi connectivity index (χ0) is 24.8. The van der Waals surface area contributed by atoms with Crippen molar-refractivity contribution in [3.63, 3.8) is 0 Å². The molecule has 0 aromatic heterocycles. The molecule has 2 N–H and O–H groups in total. The van der Waals surface area contributed by atoms with Crippen LogP contribution in [0.2, 0.25) is 0 Å². The molecule has 2 fully saturated rings. The summed E-state index contributed by atoms with van der Waals surface area (Å²) in [6.07, 6.45) is -4.83. The maximum atomic E-state index is 13.0. The average Bonchev–Trinajstić information content (AvgIpc) is 3.27. The zero-order valence-electron chi connectivity index (χ0n) is 18.5. The summed E-state index contributed by atoms with van der Waals surface area (Å²) in [4.78, 5) is 23.6. The lowest BCUT2D eigenvalue weighted by atomic mass is 9.85. The van der Waals surface area contributed by atoms with Gasteiger partial charge in [-0.05, 0) is 54.4 Å². The number of sulfonamides is 1. The Morgan fingerprint density at radius 2 is 1.70 bits per heavy atom. The van der Waals surface area contributed by atoms with Gasteiger partial charge in [-0.2, -0.15) is 17.5 Å². The Balaban J connectivity index is 1.71. The molecule has 0 radical (unpaired) electrons. The second-order valence-electron chi connectivity index (χ2n) is 9.69. The van der Waals surface area contributed by atoms with E-state index in [1.54, 1.807) is 20.8 Å². The number of alkyl halides is 3. The van der Waals surface area contributed by atoms with Crippen LogP contribution in [-0.4, -0.2) is 49.9 Å². The Morgan fingerprint density at radius 1 is 1.09 bits per heavy atom. The van der Waals surface area contributed by atoms with E-state index in [9.17, 15) is 36.3 Å². The summed E-state index contributed by atoms with van der Waals surface area (Å²) in [6.45, 7) is 5.45. The number of hydrogen-bond acceptors (Lipinski definition) is 5. The highest BCUT2D eigenvalue weighted by atomic mass is 32.2. The molecule has 3 rings (SSSR count). The predicted molar refractivity (Wildman–Crippen MR) is 110 cm³/mol. The number of nitrogens with one attached hydrogen (secondary N) is 2. The largest absolute Gasteiger partial charge is 0.530 e. The van der Waals surface area contributed by atoms with Crippen LogP contribution in [0.25, 0.3) is 0 Å². The minimum absolute atomic E-state index is 0.0123. The Hall–Kier alpha value is -2.34. The first kappa shape index (κ1) is 25.3. The van der Waals surface area contributed by atoms with E-state index >= 15 is 0 Å². The van der Waals surface area contributed by atoms with Gasteiger partial charge >= 0.3 is 6.18 Å². The van der Waals surface area contributed by atoms with Crippen LogP contribution < -0.4 is 15.7 Å². The summed E-state index contributed by atoms with van der Waals surface area (Å²) in [7, 11) is -4.00. The summed E-state index contributed by atoms with van der Waals surface area (Å²) < 4.78 is 65.6. The highest BCUT2D eigenvalue weighted by molar-refractivity contribution is 7.89. The van der Waals surface area contributed by atoms with Crippen LogP contribution in [0.5, 0.6) is 0 Å². The molecule has 1 heterocycles. The van der Waals surface area contributed by atoms with Crippen molar-refractivity contribution in [2.75, 3.05) is 13.1 Å². The maximum Gasteiger partial charge on any atom is 0.416 e. The van der Waals surface area contributed by atoms with Crippen LogP contribution in [0.4, 0.5) is 18.0 Å². The van der Waals surface area contributed by atoms with Gasteiger partial charge in [0.15, 0.2) is 0 Å². The molecular formula is C21H27F3N3O5S-. The first-order valence-corrected chi connectivity index (χ1v) is 12.0. The molecule has 8 nitrogen and oxygen atoms in total. The molecule has 1 aromatic carbocycles. The molecule has 2 aliphatic rings. The Bertz CT molecular complexity index is 1010. The highest BCUT2D eigenvalue weighted by Gasteiger charge is 2.47. The zero-order valence-corrected chi connectivity index (χ0v) is 19.3. The Morgan fingerprint density at radius 3 is 2.21 bits per heavy atom. The highest BCUT2D eigenvalue weighted by Crippen LogP contribution is 2.40. The normalized spacial score (nSPS) is 24.8. The lowest BCUT2D eigenvalue weighted by molar-refractivity contribution is -0.252. The standard InChI is InChI=1S/C21H28F3N3O5S/c1-20(2,3)17(26-19(29)30)18(28)25-16-9-4-12-10-27(11-15(12)16)33(31,32)14-7-5-13(6-8-14)21(22,23)24/h5-8,12,15-17,26H,4,9-11H2,1-3H3,(H,25,28)(H,29,30)/p-1/t12-,15+,16+,17-/m1/s1. The third kappa shape index (κ3) is 5.43. The number of carbonyl (C=O) groups excluding carboxylic acids is 2. The molecule has 2 amide bonds. The topological polar surface area (TPSA) is 119 Å². The number of amides is 2. The summed E-state index contributed by atoms with van der Waals surface area (Å²) in [5.41, 5.74) is -1.64. The van der Waals surface area contributed by atoms with Crippen molar-refractivity contribution in [2.45, 2.75) is 56.8 Å². The van der Waals surface area contributed by atoms with Crippen molar-refractivity contribution in [1.82, 2.24) is 14.9 Å². The van der Waals surface area contributed by atoms with Crippen LogP contribution in [0.15, 0.2) is 29.2 Å². The molecule has 184 valence electrons. The van der Waals surface area contributed by atoms with Gasteiger partial charge < -0.3 is 20.5 Å². The van der Waals surface area contributed by atoms with E-state index in [0.29, 0.717) is 12.8 Å². The van der Waals surface area contributed by atoms with Gasteiger partial charge in [-0.25, -0.2) is 8.42 Å².